The highest BCUT2D eigenvalue weighted by molar-refractivity contribution is 7.16. The first kappa shape index (κ1) is 17.2. The third kappa shape index (κ3) is 3.39. The molecule has 3 rings (SSSR count). The molecule has 9 heteroatoms. The number of benzene rings is 1. The molecular formula is C15H14Cl2N4O2S. The van der Waals surface area contributed by atoms with Crippen LogP contribution in [-0.2, 0) is 0 Å². The average Bonchev–Trinajstić information content (AvgIpc) is 2.90. The number of thiazole rings is 1. The highest BCUT2D eigenvalue weighted by Crippen LogP contribution is 2.34. The van der Waals surface area contributed by atoms with Gasteiger partial charge in [-0.25, -0.2) is 10.1 Å². The second kappa shape index (κ2) is 7.06. The van der Waals surface area contributed by atoms with Crippen molar-refractivity contribution in [3.8, 4) is 0 Å². The van der Waals surface area contributed by atoms with Crippen LogP contribution in [0.5, 0.6) is 0 Å². The maximum Gasteiger partial charge on any atom is 0.272 e. The van der Waals surface area contributed by atoms with Gasteiger partial charge in [0, 0.05) is 17.7 Å². The molecule has 1 aromatic carbocycles. The van der Waals surface area contributed by atoms with E-state index in [1.807, 2.05) is 19.1 Å². The molecule has 2 aromatic heterocycles. The Morgan fingerprint density at radius 3 is 2.83 bits per heavy atom. The summed E-state index contributed by atoms with van der Waals surface area (Å²) in [6, 6.07) is 5.19. The first-order valence-electron chi connectivity index (χ1n) is 7.17. The molecule has 3 aromatic rings. The minimum atomic E-state index is -0.260. The Morgan fingerprint density at radius 1 is 1.38 bits per heavy atom. The summed E-state index contributed by atoms with van der Waals surface area (Å²) >= 11 is 13.2. The fourth-order valence-corrected chi connectivity index (χ4v) is 3.73. The van der Waals surface area contributed by atoms with Gasteiger partial charge >= 0.3 is 0 Å². The molecule has 6 nitrogen and oxygen atoms in total. The first-order chi connectivity index (χ1) is 11.5. The van der Waals surface area contributed by atoms with Crippen LogP contribution in [0.1, 0.15) is 23.2 Å². The van der Waals surface area contributed by atoms with Gasteiger partial charge in [0.2, 0.25) is 0 Å². The van der Waals surface area contributed by atoms with Crippen LogP contribution in [0.25, 0.3) is 10.8 Å². The largest absolute Gasteiger partial charge is 0.396 e. The van der Waals surface area contributed by atoms with Crippen molar-refractivity contribution in [1.29, 1.82) is 0 Å². The number of nitrogens with zero attached hydrogens (tertiary/aromatic N) is 2. The molecule has 0 aliphatic rings. The van der Waals surface area contributed by atoms with E-state index < -0.39 is 0 Å². The quantitative estimate of drug-likeness (QED) is 0.625. The Kier molecular flexibility index (Phi) is 5.05. The molecule has 0 spiro atoms. The summed E-state index contributed by atoms with van der Waals surface area (Å²) in [4.78, 5) is 16.2. The van der Waals surface area contributed by atoms with E-state index in [-0.39, 0.29) is 23.4 Å². The van der Waals surface area contributed by atoms with E-state index >= 15 is 0 Å². The van der Waals surface area contributed by atoms with Crippen molar-refractivity contribution in [3.63, 3.8) is 0 Å². The van der Waals surface area contributed by atoms with Gasteiger partial charge in [0.05, 0.1) is 17.1 Å². The van der Waals surface area contributed by atoms with Crippen LogP contribution in [-0.4, -0.2) is 26.9 Å². The lowest BCUT2D eigenvalue weighted by Gasteiger charge is -2.17. The number of anilines is 1. The molecule has 0 radical (unpaired) electrons. The maximum absolute atomic E-state index is 12.0. The fraction of sp³-hybridized carbons (Fsp3) is 0.267. The predicted octanol–water partition coefficient (Wildman–Crippen LogP) is 3.53. The zero-order valence-corrected chi connectivity index (χ0v) is 15.0. The van der Waals surface area contributed by atoms with Crippen molar-refractivity contribution in [2.75, 3.05) is 11.9 Å². The summed E-state index contributed by atoms with van der Waals surface area (Å²) in [5.41, 5.74) is 1.24. The molecule has 126 valence electrons. The van der Waals surface area contributed by atoms with Gasteiger partial charge in [-0.15, -0.1) is 11.3 Å². The Balaban J connectivity index is 1.96. The minimum absolute atomic E-state index is 0.0241. The summed E-state index contributed by atoms with van der Waals surface area (Å²) in [5.74, 6) is 0. The van der Waals surface area contributed by atoms with Gasteiger partial charge in [0.15, 0.2) is 5.15 Å². The van der Waals surface area contributed by atoms with Crippen LogP contribution in [0, 0.1) is 6.92 Å². The van der Waals surface area contributed by atoms with Crippen molar-refractivity contribution < 1.29 is 5.11 Å². The van der Waals surface area contributed by atoms with Crippen LogP contribution in [0.2, 0.25) is 9.49 Å². The van der Waals surface area contributed by atoms with Crippen molar-refractivity contribution in [2.45, 2.75) is 19.4 Å². The number of H-pyrrole nitrogens is 1. The molecule has 0 amide bonds. The number of aliphatic hydroxyl groups excluding tert-OH is 1. The molecule has 1 unspecified atom stereocenters. The lowest BCUT2D eigenvalue weighted by Crippen LogP contribution is -2.14. The van der Waals surface area contributed by atoms with Gasteiger partial charge in [0.25, 0.3) is 5.56 Å². The van der Waals surface area contributed by atoms with E-state index in [1.165, 1.54) is 11.3 Å². The smallest absolute Gasteiger partial charge is 0.272 e. The Labute approximate surface area is 151 Å². The highest BCUT2D eigenvalue weighted by Gasteiger charge is 2.18. The maximum atomic E-state index is 12.0. The monoisotopic (exact) mass is 384 g/mol. The van der Waals surface area contributed by atoms with E-state index in [9.17, 15) is 9.90 Å². The summed E-state index contributed by atoms with van der Waals surface area (Å²) in [7, 11) is 0. The average molecular weight is 385 g/mol. The normalized spacial score (nSPS) is 12.5. The SMILES string of the molecule is Cc1n[nH]c(=O)c2cc(NC(CCO)c3nc(Cl)c(Cl)s3)ccc12. The summed E-state index contributed by atoms with van der Waals surface area (Å²) < 4.78 is 0.410. The molecule has 0 saturated carbocycles. The van der Waals surface area contributed by atoms with Gasteiger partial charge in [0.1, 0.15) is 9.34 Å². The van der Waals surface area contributed by atoms with Crippen LogP contribution in [0.4, 0.5) is 5.69 Å². The van der Waals surface area contributed by atoms with Gasteiger partial charge in [-0.05, 0) is 25.5 Å². The molecule has 24 heavy (non-hydrogen) atoms. The van der Waals surface area contributed by atoms with Gasteiger partial charge < -0.3 is 10.4 Å². The number of aromatic nitrogens is 3. The molecule has 0 bridgehead atoms. The number of aromatic amines is 1. The third-order valence-corrected chi connectivity index (χ3v) is 5.45. The van der Waals surface area contributed by atoms with E-state index in [4.69, 9.17) is 23.2 Å². The number of hydrogen-bond donors (Lipinski definition) is 3. The lowest BCUT2D eigenvalue weighted by molar-refractivity contribution is 0.280. The second-order valence-corrected chi connectivity index (χ2v) is 7.22. The second-order valence-electron chi connectivity index (χ2n) is 5.22. The number of hydrogen-bond acceptors (Lipinski definition) is 6. The zero-order valence-electron chi connectivity index (χ0n) is 12.6. The van der Waals surface area contributed by atoms with Gasteiger partial charge in [-0.2, -0.15) is 5.10 Å². The lowest BCUT2D eigenvalue weighted by atomic mass is 10.1. The summed E-state index contributed by atoms with van der Waals surface area (Å²) in [5, 5.41) is 21.3. The molecule has 0 fully saturated rings. The van der Waals surface area contributed by atoms with E-state index in [2.05, 4.69) is 20.5 Å². The Hall–Kier alpha value is -1.67. The molecule has 0 aliphatic heterocycles. The predicted molar refractivity (Wildman–Crippen MR) is 97.3 cm³/mol. The van der Waals surface area contributed by atoms with E-state index in [0.29, 0.717) is 21.2 Å². The minimum Gasteiger partial charge on any atom is -0.396 e. The Bertz CT molecular complexity index is 921. The molecule has 2 heterocycles. The molecule has 3 N–H and O–H groups in total. The van der Waals surface area contributed by atoms with Crippen molar-refractivity contribution >= 4 is 51.0 Å². The van der Waals surface area contributed by atoms with Gasteiger partial charge in [-0.3, -0.25) is 4.79 Å². The number of aryl methyl sites for hydroxylation is 1. The molecule has 1 atom stereocenters. The molecule has 0 aliphatic carbocycles. The van der Waals surface area contributed by atoms with Crippen molar-refractivity contribution in [1.82, 2.24) is 15.2 Å². The van der Waals surface area contributed by atoms with E-state index in [0.717, 1.165) is 16.8 Å². The highest BCUT2D eigenvalue weighted by atomic mass is 35.5. The van der Waals surface area contributed by atoms with Crippen LogP contribution < -0.4 is 10.9 Å². The summed E-state index contributed by atoms with van der Waals surface area (Å²) in [6.45, 7) is 1.81. The number of aliphatic hydroxyl groups is 1. The van der Waals surface area contributed by atoms with Crippen molar-refractivity contribution in [3.05, 3.63) is 48.7 Å². The number of nitrogens with one attached hydrogen (secondary N) is 2. The number of fused-ring (bicyclic) bond motifs is 1. The zero-order chi connectivity index (χ0) is 17.3. The summed E-state index contributed by atoms with van der Waals surface area (Å²) in [6.07, 6.45) is 0.434. The van der Waals surface area contributed by atoms with Crippen LogP contribution in [0.15, 0.2) is 23.0 Å². The topological polar surface area (TPSA) is 90.9 Å². The first-order valence-corrected chi connectivity index (χ1v) is 8.75. The van der Waals surface area contributed by atoms with Crippen molar-refractivity contribution in [2.24, 2.45) is 0 Å². The Morgan fingerprint density at radius 2 is 2.17 bits per heavy atom. The number of halogens is 2. The standard InChI is InChI=1S/C15H14Cl2N4O2S/c1-7-9-3-2-8(6-10(9)14(23)21-20-7)18-11(4-5-22)15-19-12(16)13(17)24-15/h2-3,6,11,18,22H,4-5H2,1H3,(H,21,23). The van der Waals surface area contributed by atoms with Gasteiger partial charge in [-0.1, -0.05) is 29.3 Å². The number of rotatable bonds is 5. The van der Waals surface area contributed by atoms with Crippen LogP contribution in [0.3, 0.4) is 0 Å². The fourth-order valence-electron chi connectivity index (χ4n) is 2.43. The third-order valence-electron chi connectivity index (χ3n) is 3.60. The molecular weight excluding hydrogens is 371 g/mol. The molecule has 0 saturated heterocycles. The van der Waals surface area contributed by atoms with Crippen LogP contribution >= 0.6 is 34.5 Å². The van der Waals surface area contributed by atoms with E-state index in [1.54, 1.807) is 6.07 Å².